The predicted octanol–water partition coefficient (Wildman–Crippen LogP) is 7.25. The zero-order chi connectivity index (χ0) is 30.4. The predicted molar refractivity (Wildman–Crippen MR) is 170 cm³/mol. The minimum atomic E-state index is -1.24. The van der Waals surface area contributed by atoms with Gasteiger partial charge in [-0.25, -0.2) is 9.37 Å². The molecule has 1 unspecified atom stereocenters. The number of ether oxygens (including phenoxy) is 2. The number of imidazole rings is 1. The topological polar surface area (TPSA) is 82.4 Å². The number of halogens is 1. The Balaban J connectivity index is 1.31. The fourth-order valence-corrected chi connectivity index (χ4v) is 5.44. The summed E-state index contributed by atoms with van der Waals surface area (Å²) in [6, 6.07) is 19.2. The van der Waals surface area contributed by atoms with Gasteiger partial charge in [-0.05, 0) is 78.6 Å². The van der Waals surface area contributed by atoms with Gasteiger partial charge in [0.2, 0.25) is 5.91 Å². The lowest BCUT2D eigenvalue weighted by atomic mass is 10.0. The van der Waals surface area contributed by atoms with Crippen molar-refractivity contribution in [3.8, 4) is 16.9 Å². The van der Waals surface area contributed by atoms with Crippen LogP contribution in [0.25, 0.3) is 17.2 Å². The SMILES string of the molecule is CCCCOCCOc1ccc(-c2ccc(F)c(/C=C/C(=O)Nc3ccc(S(=O)Cc4cncn4CCC)cc3)c2)cc1. The first-order chi connectivity index (χ1) is 21.0. The minimum absolute atomic E-state index is 0.297. The number of nitrogens with one attached hydrogen (secondary N) is 1. The molecule has 1 heterocycles. The fraction of sp³-hybridized carbons (Fsp3) is 0.294. The Bertz CT molecular complexity index is 1520. The lowest BCUT2D eigenvalue weighted by Gasteiger charge is -2.09. The van der Waals surface area contributed by atoms with Gasteiger partial charge in [-0.2, -0.15) is 0 Å². The Morgan fingerprint density at radius 1 is 0.977 bits per heavy atom. The third kappa shape index (κ3) is 9.73. The standard InChI is InChI=1S/C34H38FN3O4S/c1-3-5-19-41-20-21-42-31-12-6-26(7-13-31)27-8-16-33(35)28(22-27)9-17-34(39)37-29-10-14-32(15-11-29)43(40)24-30-23-36-25-38(30)18-4-2/h6-17,22-23,25H,3-5,18-21,24H2,1-2H3,(H,37,39)/b17-9+. The van der Waals surface area contributed by atoms with Gasteiger partial charge in [-0.3, -0.25) is 9.00 Å². The molecule has 1 atom stereocenters. The summed E-state index contributed by atoms with van der Waals surface area (Å²) in [6.07, 6.45) is 9.36. The number of hydrogen-bond acceptors (Lipinski definition) is 5. The number of rotatable bonds is 16. The zero-order valence-corrected chi connectivity index (χ0v) is 25.4. The van der Waals surface area contributed by atoms with Gasteiger partial charge in [-0.1, -0.05) is 38.5 Å². The van der Waals surface area contributed by atoms with Crippen LogP contribution in [-0.4, -0.2) is 39.5 Å². The summed E-state index contributed by atoms with van der Waals surface area (Å²) < 4.78 is 40.7. The highest BCUT2D eigenvalue weighted by Crippen LogP contribution is 2.25. The van der Waals surface area contributed by atoms with Gasteiger partial charge in [0.05, 0.1) is 35.2 Å². The second-order valence-corrected chi connectivity index (χ2v) is 11.4. The lowest BCUT2D eigenvalue weighted by Crippen LogP contribution is -2.08. The van der Waals surface area contributed by atoms with Crippen molar-refractivity contribution in [1.29, 1.82) is 0 Å². The van der Waals surface area contributed by atoms with Crippen molar-refractivity contribution in [2.75, 3.05) is 25.1 Å². The maximum atomic E-state index is 14.6. The molecule has 1 amide bonds. The van der Waals surface area contributed by atoms with Gasteiger partial charge in [-0.15, -0.1) is 0 Å². The molecule has 226 valence electrons. The molecule has 0 radical (unpaired) electrons. The Hall–Kier alpha value is -4.08. The Morgan fingerprint density at radius 3 is 2.49 bits per heavy atom. The Labute approximate surface area is 255 Å². The molecule has 0 aliphatic carbocycles. The highest BCUT2D eigenvalue weighted by molar-refractivity contribution is 7.84. The highest BCUT2D eigenvalue weighted by atomic mass is 32.2. The average molecular weight is 604 g/mol. The average Bonchev–Trinajstić information content (AvgIpc) is 3.45. The van der Waals surface area contributed by atoms with Gasteiger partial charge >= 0.3 is 0 Å². The second-order valence-electron chi connectivity index (χ2n) is 9.99. The van der Waals surface area contributed by atoms with Crippen molar-refractivity contribution in [2.24, 2.45) is 0 Å². The highest BCUT2D eigenvalue weighted by Gasteiger charge is 2.10. The summed E-state index contributed by atoms with van der Waals surface area (Å²) in [7, 11) is -1.24. The van der Waals surface area contributed by atoms with E-state index in [0.29, 0.717) is 35.1 Å². The molecule has 0 fully saturated rings. The van der Waals surface area contributed by atoms with Crippen LogP contribution in [0.4, 0.5) is 10.1 Å². The first-order valence-corrected chi connectivity index (χ1v) is 15.9. The van der Waals surface area contributed by atoms with Crippen LogP contribution in [0.15, 0.2) is 90.2 Å². The molecule has 1 aromatic heterocycles. The molecule has 0 aliphatic heterocycles. The number of carbonyl (C=O) groups is 1. The van der Waals surface area contributed by atoms with Crippen LogP contribution in [-0.2, 0) is 32.6 Å². The Morgan fingerprint density at radius 2 is 1.74 bits per heavy atom. The largest absolute Gasteiger partial charge is 0.491 e. The molecule has 0 saturated heterocycles. The molecule has 4 rings (SSSR count). The zero-order valence-electron chi connectivity index (χ0n) is 24.6. The summed E-state index contributed by atoms with van der Waals surface area (Å²) in [5, 5.41) is 2.77. The molecule has 0 spiro atoms. The van der Waals surface area contributed by atoms with Crippen molar-refractivity contribution < 1.29 is 22.9 Å². The minimum Gasteiger partial charge on any atom is -0.491 e. The van der Waals surface area contributed by atoms with Gasteiger partial charge in [0.1, 0.15) is 18.2 Å². The molecule has 4 aromatic rings. The van der Waals surface area contributed by atoms with E-state index in [1.54, 1.807) is 48.9 Å². The van der Waals surface area contributed by atoms with Crippen molar-refractivity contribution in [3.05, 3.63) is 102 Å². The van der Waals surface area contributed by atoms with E-state index in [1.165, 1.54) is 18.2 Å². The summed E-state index contributed by atoms with van der Waals surface area (Å²) >= 11 is 0. The molecular weight excluding hydrogens is 565 g/mol. The van der Waals surface area contributed by atoms with Gasteiger partial charge in [0, 0.05) is 41.6 Å². The van der Waals surface area contributed by atoms with Crippen molar-refractivity contribution in [3.63, 3.8) is 0 Å². The van der Waals surface area contributed by atoms with Crippen LogP contribution in [0.5, 0.6) is 5.75 Å². The van der Waals surface area contributed by atoms with Crippen LogP contribution in [0.2, 0.25) is 0 Å². The van der Waals surface area contributed by atoms with E-state index in [-0.39, 0.29) is 0 Å². The molecule has 9 heteroatoms. The van der Waals surface area contributed by atoms with Crippen LogP contribution in [0, 0.1) is 5.82 Å². The van der Waals surface area contributed by atoms with Crippen LogP contribution < -0.4 is 10.1 Å². The van der Waals surface area contributed by atoms with Crippen molar-refractivity contribution >= 4 is 28.5 Å². The summed E-state index contributed by atoms with van der Waals surface area (Å²) in [5.74, 6) is 0.275. The number of aryl methyl sites for hydroxylation is 1. The molecular formula is C34H38FN3O4S. The van der Waals surface area contributed by atoms with E-state index in [0.717, 1.165) is 55.0 Å². The van der Waals surface area contributed by atoms with Gasteiger partial charge in [0.15, 0.2) is 0 Å². The van der Waals surface area contributed by atoms with E-state index in [2.05, 4.69) is 24.1 Å². The van der Waals surface area contributed by atoms with Gasteiger partial charge in [0.25, 0.3) is 0 Å². The quantitative estimate of drug-likeness (QED) is 0.108. The molecule has 0 bridgehead atoms. The maximum Gasteiger partial charge on any atom is 0.248 e. The number of benzene rings is 3. The third-order valence-electron chi connectivity index (χ3n) is 6.66. The number of carbonyl (C=O) groups excluding carboxylic acids is 1. The molecule has 7 nitrogen and oxygen atoms in total. The number of hydrogen-bond donors (Lipinski definition) is 1. The number of unbranched alkanes of at least 4 members (excludes halogenated alkanes) is 1. The van der Waals surface area contributed by atoms with Gasteiger partial charge < -0.3 is 19.4 Å². The summed E-state index contributed by atoms with van der Waals surface area (Å²) in [5.41, 5.74) is 3.49. The van der Waals surface area contributed by atoms with E-state index in [4.69, 9.17) is 9.47 Å². The monoisotopic (exact) mass is 603 g/mol. The van der Waals surface area contributed by atoms with Crippen molar-refractivity contribution in [2.45, 2.75) is 50.3 Å². The lowest BCUT2D eigenvalue weighted by molar-refractivity contribution is -0.111. The van der Waals surface area contributed by atoms with E-state index >= 15 is 0 Å². The summed E-state index contributed by atoms with van der Waals surface area (Å²) in [4.78, 5) is 17.4. The normalized spacial score (nSPS) is 12.0. The summed E-state index contributed by atoms with van der Waals surface area (Å²) in [6.45, 7) is 6.80. The maximum absolute atomic E-state index is 14.6. The Kier molecular flexibility index (Phi) is 12.2. The molecule has 0 saturated carbocycles. The van der Waals surface area contributed by atoms with Crippen LogP contribution >= 0.6 is 0 Å². The molecule has 3 aromatic carbocycles. The van der Waals surface area contributed by atoms with Crippen molar-refractivity contribution in [1.82, 2.24) is 9.55 Å². The van der Waals surface area contributed by atoms with E-state index in [1.807, 2.05) is 28.8 Å². The van der Waals surface area contributed by atoms with Crippen LogP contribution in [0.3, 0.4) is 0 Å². The smallest absolute Gasteiger partial charge is 0.248 e. The van der Waals surface area contributed by atoms with E-state index < -0.39 is 22.5 Å². The first-order valence-electron chi connectivity index (χ1n) is 14.5. The van der Waals surface area contributed by atoms with E-state index in [9.17, 15) is 13.4 Å². The van der Waals surface area contributed by atoms with Crippen LogP contribution in [0.1, 0.15) is 44.4 Å². The molecule has 0 aliphatic rings. The number of anilines is 1. The molecule has 1 N–H and O–H groups in total. The number of nitrogens with zero attached hydrogens (tertiary/aromatic N) is 2. The fourth-order valence-electron chi connectivity index (χ4n) is 4.33. The number of amides is 1. The third-order valence-corrected chi connectivity index (χ3v) is 8.02. The number of aromatic nitrogens is 2. The molecule has 43 heavy (non-hydrogen) atoms. The second kappa shape index (κ2) is 16.5. The first kappa shape index (κ1) is 31.8.